The van der Waals surface area contributed by atoms with Crippen LogP contribution in [0.15, 0.2) is 0 Å². The highest BCUT2D eigenvalue weighted by Crippen LogP contribution is 2.30. The minimum absolute atomic E-state index is 0.320. The third-order valence-corrected chi connectivity index (χ3v) is 3.64. The van der Waals surface area contributed by atoms with Crippen molar-refractivity contribution < 1.29 is 0 Å². The Kier molecular flexibility index (Phi) is 3.45. The van der Waals surface area contributed by atoms with Crippen LogP contribution >= 0.6 is 22.4 Å². The minimum Gasteiger partial charge on any atom is -0.360 e. The van der Waals surface area contributed by atoms with Gasteiger partial charge in [-0.2, -0.15) is 0 Å². The molecule has 1 fully saturated rings. The van der Waals surface area contributed by atoms with E-state index in [1.807, 2.05) is 0 Å². The molecule has 1 heterocycles. The van der Waals surface area contributed by atoms with Crippen molar-refractivity contribution in [3.05, 3.63) is 0 Å². The summed E-state index contributed by atoms with van der Waals surface area (Å²) in [6, 6.07) is 0. The van der Waals surface area contributed by atoms with Gasteiger partial charge in [0, 0.05) is 5.54 Å². The lowest BCUT2D eigenvalue weighted by molar-refractivity contribution is 0.175. The van der Waals surface area contributed by atoms with Gasteiger partial charge in [0.05, 0.1) is 0 Å². The molecule has 0 aromatic heterocycles. The van der Waals surface area contributed by atoms with Gasteiger partial charge in [0.25, 0.3) is 4.70 Å². The number of likely N-dealkylation sites (tertiary alicyclic amines) is 1. The number of halogens is 1. The van der Waals surface area contributed by atoms with E-state index in [1.165, 1.54) is 19.5 Å². The summed E-state index contributed by atoms with van der Waals surface area (Å²) in [5.41, 5.74) is 6.18. The Morgan fingerprint density at radius 1 is 1.50 bits per heavy atom. The second kappa shape index (κ2) is 3.84. The number of rotatable bonds is 1. The summed E-state index contributed by atoms with van der Waals surface area (Å²) in [5, 5.41) is 0. The third-order valence-electron chi connectivity index (χ3n) is 2.62. The standard InChI is InChI=1S/C8H18BIN2/c1-8(2,3)12-5-4-7(6-12)9(10)11/h7H,4-6,11H2,1-3H3. The highest BCUT2D eigenvalue weighted by Gasteiger charge is 2.33. The Hall–Kier alpha value is 0.715. The lowest BCUT2D eigenvalue weighted by atomic mass is 9.76. The summed E-state index contributed by atoms with van der Waals surface area (Å²) in [7, 11) is 0. The molecule has 0 aromatic rings. The Labute approximate surface area is 89.2 Å². The first-order valence-corrected chi connectivity index (χ1v) is 5.80. The predicted molar refractivity (Wildman–Crippen MR) is 63.7 cm³/mol. The maximum Gasteiger partial charge on any atom is 0.296 e. The Balaban J connectivity index is 2.46. The zero-order valence-electron chi connectivity index (χ0n) is 8.18. The van der Waals surface area contributed by atoms with Gasteiger partial charge in [-0.25, -0.2) is 0 Å². The molecule has 4 heteroatoms. The molecule has 1 aliphatic rings. The maximum absolute atomic E-state index is 5.86. The van der Waals surface area contributed by atoms with Crippen LogP contribution < -0.4 is 5.64 Å². The predicted octanol–water partition coefficient (Wildman–Crippen LogP) is 1.74. The van der Waals surface area contributed by atoms with Gasteiger partial charge in [-0.3, -0.25) is 4.90 Å². The highest BCUT2D eigenvalue weighted by molar-refractivity contribution is 14.1. The van der Waals surface area contributed by atoms with Gasteiger partial charge < -0.3 is 5.64 Å². The molecule has 1 atom stereocenters. The molecule has 2 nitrogen and oxygen atoms in total. The van der Waals surface area contributed by atoms with Crippen LogP contribution in [0.5, 0.6) is 0 Å². The summed E-state index contributed by atoms with van der Waals surface area (Å²) in [6.07, 6.45) is 1.27. The molecule has 70 valence electrons. The fourth-order valence-electron chi connectivity index (χ4n) is 1.66. The molecular weight excluding hydrogens is 262 g/mol. The topological polar surface area (TPSA) is 29.3 Å². The van der Waals surface area contributed by atoms with Gasteiger partial charge in [0.15, 0.2) is 0 Å². The van der Waals surface area contributed by atoms with E-state index in [-0.39, 0.29) is 0 Å². The molecule has 0 radical (unpaired) electrons. The van der Waals surface area contributed by atoms with Crippen molar-refractivity contribution in [2.24, 2.45) is 5.64 Å². The van der Waals surface area contributed by atoms with E-state index in [0.29, 0.717) is 16.1 Å². The third kappa shape index (κ3) is 2.60. The van der Waals surface area contributed by atoms with Gasteiger partial charge in [-0.1, -0.05) is 0 Å². The maximum atomic E-state index is 5.86. The molecule has 0 amide bonds. The number of nitrogens with zero attached hydrogens (tertiary/aromatic N) is 1. The summed E-state index contributed by atoms with van der Waals surface area (Å²) < 4.78 is 0.329. The quantitative estimate of drug-likeness (QED) is 0.585. The van der Waals surface area contributed by atoms with Crippen molar-refractivity contribution in [1.82, 2.24) is 4.90 Å². The van der Waals surface area contributed by atoms with Gasteiger partial charge in [-0.05, 0) is 46.1 Å². The van der Waals surface area contributed by atoms with E-state index in [9.17, 15) is 0 Å². The van der Waals surface area contributed by atoms with Crippen LogP contribution in [0.1, 0.15) is 27.2 Å². The molecule has 1 unspecified atom stereocenters. The number of hydrogen-bond donors (Lipinski definition) is 1. The normalized spacial score (nSPS) is 26.2. The van der Waals surface area contributed by atoms with Gasteiger partial charge in [0.2, 0.25) is 0 Å². The van der Waals surface area contributed by atoms with Gasteiger partial charge in [0.1, 0.15) is 0 Å². The molecule has 0 aromatic carbocycles. The average Bonchev–Trinajstić information content (AvgIpc) is 2.30. The van der Waals surface area contributed by atoms with Gasteiger partial charge >= 0.3 is 0 Å². The van der Waals surface area contributed by atoms with E-state index in [4.69, 9.17) is 5.64 Å². The SMILES string of the molecule is CC(C)(C)N1CCC(B(N)I)C1. The van der Waals surface area contributed by atoms with Crippen molar-refractivity contribution in [2.45, 2.75) is 38.5 Å². The van der Waals surface area contributed by atoms with Crippen molar-refractivity contribution in [3.63, 3.8) is 0 Å². The zero-order chi connectivity index (χ0) is 9.35. The van der Waals surface area contributed by atoms with Crippen LogP contribution in [0, 0.1) is 0 Å². The number of nitrogens with two attached hydrogens (primary N) is 1. The molecule has 0 saturated carbocycles. The summed E-state index contributed by atoms with van der Waals surface area (Å²) in [4.78, 5) is 2.52. The molecule has 0 aliphatic carbocycles. The smallest absolute Gasteiger partial charge is 0.296 e. The van der Waals surface area contributed by atoms with Crippen LogP contribution in [-0.2, 0) is 0 Å². The van der Waals surface area contributed by atoms with E-state index < -0.39 is 0 Å². The Bertz CT molecular complexity index is 156. The summed E-state index contributed by atoms with van der Waals surface area (Å²) in [5.74, 6) is 0.699. The molecule has 2 N–H and O–H groups in total. The fraction of sp³-hybridized carbons (Fsp3) is 1.00. The Morgan fingerprint density at radius 3 is 2.33 bits per heavy atom. The van der Waals surface area contributed by atoms with E-state index in [0.717, 1.165) is 0 Å². The van der Waals surface area contributed by atoms with Crippen LogP contribution in [0.3, 0.4) is 0 Å². The molecule has 1 saturated heterocycles. The summed E-state index contributed by atoms with van der Waals surface area (Å²) in [6.45, 7) is 9.20. The summed E-state index contributed by atoms with van der Waals surface area (Å²) >= 11 is 2.33. The van der Waals surface area contributed by atoms with E-state index >= 15 is 0 Å². The molecule has 1 aliphatic heterocycles. The van der Waals surface area contributed by atoms with E-state index in [1.54, 1.807) is 0 Å². The number of hydrogen-bond acceptors (Lipinski definition) is 2. The first-order valence-electron chi connectivity index (χ1n) is 4.56. The van der Waals surface area contributed by atoms with Crippen LogP contribution in [0.4, 0.5) is 0 Å². The van der Waals surface area contributed by atoms with Crippen LogP contribution in [0.2, 0.25) is 5.82 Å². The van der Waals surface area contributed by atoms with Crippen molar-refractivity contribution in [3.8, 4) is 0 Å². The minimum atomic E-state index is 0.320. The van der Waals surface area contributed by atoms with Gasteiger partial charge in [-0.15, -0.1) is 22.4 Å². The Morgan fingerprint density at radius 2 is 2.08 bits per heavy atom. The van der Waals surface area contributed by atoms with Crippen molar-refractivity contribution in [2.75, 3.05) is 13.1 Å². The average molecular weight is 280 g/mol. The first kappa shape index (κ1) is 10.8. The second-order valence-electron chi connectivity index (χ2n) is 4.61. The van der Waals surface area contributed by atoms with Crippen molar-refractivity contribution >= 4 is 27.1 Å². The van der Waals surface area contributed by atoms with Crippen LogP contribution in [-0.4, -0.2) is 28.2 Å². The first-order chi connectivity index (χ1) is 5.41. The fourth-order valence-corrected chi connectivity index (χ4v) is 2.24. The monoisotopic (exact) mass is 280 g/mol. The molecule has 0 spiro atoms. The second-order valence-corrected chi connectivity index (χ2v) is 6.05. The molecule has 12 heavy (non-hydrogen) atoms. The van der Waals surface area contributed by atoms with E-state index in [2.05, 4.69) is 48.0 Å². The lowest BCUT2D eigenvalue weighted by Crippen LogP contribution is -2.40. The van der Waals surface area contributed by atoms with Crippen LogP contribution in [0.25, 0.3) is 0 Å². The lowest BCUT2D eigenvalue weighted by Gasteiger charge is -2.31. The highest BCUT2D eigenvalue weighted by atomic mass is 127. The molecule has 0 bridgehead atoms. The largest absolute Gasteiger partial charge is 0.360 e. The zero-order valence-corrected chi connectivity index (χ0v) is 10.3. The molecular formula is C8H18BIN2. The van der Waals surface area contributed by atoms with Crippen molar-refractivity contribution in [1.29, 1.82) is 0 Å². The molecule has 1 rings (SSSR count).